The van der Waals surface area contributed by atoms with Crippen molar-refractivity contribution < 1.29 is 47.1 Å². The molecule has 0 saturated carbocycles. The number of anilines is 2. The number of benzene rings is 1. The van der Waals surface area contributed by atoms with Crippen LogP contribution < -0.4 is 10.8 Å². The number of ether oxygens (including phenoxy) is 2. The lowest BCUT2D eigenvalue weighted by molar-refractivity contribution is 0.00578. The summed E-state index contributed by atoms with van der Waals surface area (Å²) in [6.45, 7) is 12.2. The van der Waals surface area contributed by atoms with E-state index in [1.54, 1.807) is 45.0 Å². The molecule has 2 saturated heterocycles. The van der Waals surface area contributed by atoms with Crippen molar-refractivity contribution in [2.45, 2.75) is 97.1 Å². The molecule has 1 aromatic heterocycles. The molecule has 0 aliphatic carbocycles. The summed E-state index contributed by atoms with van der Waals surface area (Å²) in [5, 5.41) is 12.9. The summed E-state index contributed by atoms with van der Waals surface area (Å²) >= 11 is 0. The third kappa shape index (κ3) is 7.21. The minimum Gasteiger partial charge on any atom is -0.465 e. The van der Waals surface area contributed by atoms with Gasteiger partial charge in [0.15, 0.2) is 0 Å². The molecule has 254 valence electrons. The van der Waals surface area contributed by atoms with Crippen LogP contribution in [0, 0.1) is 0 Å². The molecule has 5 rings (SSSR count). The summed E-state index contributed by atoms with van der Waals surface area (Å²) in [5.74, 6) is -0.523. The van der Waals surface area contributed by atoms with Crippen molar-refractivity contribution in [3.05, 3.63) is 46.6 Å². The van der Waals surface area contributed by atoms with Crippen LogP contribution in [0.4, 0.5) is 29.9 Å². The Morgan fingerprint density at radius 1 is 1.17 bits per heavy atom. The SMILES string of the molecule is CC(C)(C)OC(=O)N(Cc1nc(Nc2ccc(B3OC(C)(C)C(C)(C)O3)c3c2C(=O)N(C(=O)O)C3)ccc1C1CCOC1)CC(F)F. The van der Waals surface area contributed by atoms with Gasteiger partial charge in [-0.3, -0.25) is 9.69 Å². The number of alkyl halides is 2. The van der Waals surface area contributed by atoms with E-state index in [-0.39, 0.29) is 30.4 Å². The van der Waals surface area contributed by atoms with E-state index in [2.05, 4.69) is 5.32 Å². The highest BCUT2D eigenvalue weighted by molar-refractivity contribution is 6.63. The minimum absolute atomic E-state index is 0.0623. The van der Waals surface area contributed by atoms with Crippen molar-refractivity contribution in [2.24, 2.45) is 0 Å². The van der Waals surface area contributed by atoms with Crippen molar-refractivity contribution in [3.63, 3.8) is 0 Å². The molecule has 1 unspecified atom stereocenters. The van der Waals surface area contributed by atoms with Crippen LogP contribution in [0.1, 0.15) is 88.0 Å². The second kappa shape index (κ2) is 12.7. The van der Waals surface area contributed by atoms with Crippen LogP contribution in [0.2, 0.25) is 0 Å². The monoisotopic (exact) mass is 658 g/mol. The molecule has 3 aliphatic rings. The first-order chi connectivity index (χ1) is 21.9. The highest BCUT2D eigenvalue weighted by Gasteiger charge is 2.53. The predicted octanol–water partition coefficient (Wildman–Crippen LogP) is 5.26. The van der Waals surface area contributed by atoms with Crippen LogP contribution in [0.3, 0.4) is 0 Å². The van der Waals surface area contributed by atoms with Gasteiger partial charge in [0.1, 0.15) is 11.4 Å². The van der Waals surface area contributed by atoms with Crippen molar-refractivity contribution >= 4 is 42.2 Å². The van der Waals surface area contributed by atoms with Gasteiger partial charge in [0.2, 0.25) is 0 Å². The van der Waals surface area contributed by atoms with Gasteiger partial charge in [-0.25, -0.2) is 28.3 Å². The van der Waals surface area contributed by atoms with Crippen molar-refractivity contribution in [3.8, 4) is 0 Å². The smallest absolute Gasteiger partial charge is 0.465 e. The van der Waals surface area contributed by atoms with E-state index in [4.69, 9.17) is 23.8 Å². The number of fused-ring (bicyclic) bond motifs is 1. The van der Waals surface area contributed by atoms with E-state index in [1.165, 1.54) is 0 Å². The summed E-state index contributed by atoms with van der Waals surface area (Å²) in [6.07, 6.45) is -4.42. The van der Waals surface area contributed by atoms with Crippen LogP contribution in [-0.4, -0.2) is 88.1 Å². The number of carbonyl (C=O) groups excluding carboxylic acids is 2. The van der Waals surface area contributed by atoms with Crippen LogP contribution in [0.25, 0.3) is 0 Å². The number of hydrogen-bond acceptors (Lipinski definition) is 9. The van der Waals surface area contributed by atoms with E-state index in [1.807, 2.05) is 27.7 Å². The van der Waals surface area contributed by atoms with Crippen molar-refractivity contribution in [2.75, 3.05) is 25.1 Å². The number of nitrogens with one attached hydrogen (secondary N) is 1. The Morgan fingerprint density at radius 2 is 1.85 bits per heavy atom. The molecule has 2 fully saturated rings. The average molecular weight is 659 g/mol. The maximum atomic E-state index is 13.6. The highest BCUT2D eigenvalue weighted by atomic mass is 19.3. The number of carbonyl (C=O) groups is 3. The lowest BCUT2D eigenvalue weighted by Crippen LogP contribution is -2.41. The fraction of sp³-hybridized carbons (Fsp3) is 0.562. The molecular weight excluding hydrogens is 617 g/mol. The number of imide groups is 1. The Labute approximate surface area is 272 Å². The molecule has 12 nitrogen and oxygen atoms in total. The Kier molecular flexibility index (Phi) is 9.30. The molecule has 1 atom stereocenters. The van der Waals surface area contributed by atoms with Gasteiger partial charge in [-0.15, -0.1) is 0 Å². The molecular formula is C32H41BF2N4O8. The van der Waals surface area contributed by atoms with Gasteiger partial charge < -0.3 is 29.2 Å². The summed E-state index contributed by atoms with van der Waals surface area (Å²) in [5.41, 5.74) is 0.262. The second-order valence-corrected chi connectivity index (χ2v) is 14.0. The normalized spacial score (nSPS) is 20.1. The van der Waals surface area contributed by atoms with Gasteiger partial charge in [0.25, 0.3) is 12.3 Å². The van der Waals surface area contributed by atoms with Gasteiger partial charge in [-0.1, -0.05) is 12.1 Å². The number of hydrogen-bond donors (Lipinski definition) is 2. The topological polar surface area (TPSA) is 140 Å². The number of rotatable bonds is 8. The van der Waals surface area contributed by atoms with E-state index < -0.39 is 55.0 Å². The molecule has 3 amide bonds. The fourth-order valence-corrected chi connectivity index (χ4v) is 5.77. The molecule has 4 heterocycles. The molecule has 47 heavy (non-hydrogen) atoms. The molecule has 0 spiro atoms. The van der Waals surface area contributed by atoms with Crippen molar-refractivity contribution in [1.29, 1.82) is 0 Å². The van der Waals surface area contributed by atoms with Gasteiger partial charge >= 0.3 is 19.3 Å². The van der Waals surface area contributed by atoms with E-state index in [0.717, 1.165) is 15.4 Å². The van der Waals surface area contributed by atoms with Gasteiger partial charge in [0.05, 0.1) is 54.4 Å². The summed E-state index contributed by atoms with van der Waals surface area (Å²) in [7, 11) is -0.837. The quantitative estimate of drug-likeness (QED) is 0.361. The number of carboxylic acid groups (broad SMARTS) is 1. The van der Waals surface area contributed by atoms with E-state index in [0.29, 0.717) is 42.0 Å². The predicted molar refractivity (Wildman–Crippen MR) is 168 cm³/mol. The van der Waals surface area contributed by atoms with E-state index in [9.17, 15) is 28.3 Å². The standard InChI is InChI=1S/C32H41BF2N4O8/c1-30(2,3)45-29(43)38(16-24(34)35)15-23-19(18-12-13-44-17-18)8-11-25(37-23)36-22-10-9-21(33-46-31(4,5)32(6,7)47-33)20-14-39(28(41)42)27(40)26(20)22/h8-11,18,24H,12-17H2,1-7H3,(H,36,37)(H,41,42). The Hall–Kier alpha value is -3.82. The van der Waals surface area contributed by atoms with Crippen molar-refractivity contribution in [1.82, 2.24) is 14.8 Å². The number of amides is 3. The number of nitrogens with zero attached hydrogens (tertiary/aromatic N) is 3. The second-order valence-electron chi connectivity index (χ2n) is 14.0. The number of halogens is 2. The van der Waals surface area contributed by atoms with Gasteiger partial charge in [-0.05, 0) is 83.6 Å². The molecule has 0 bridgehead atoms. The first-order valence-corrected chi connectivity index (χ1v) is 15.5. The van der Waals surface area contributed by atoms with E-state index >= 15 is 0 Å². The number of pyridine rings is 1. The van der Waals surface area contributed by atoms with Crippen LogP contribution in [-0.2, 0) is 31.9 Å². The lowest BCUT2D eigenvalue weighted by atomic mass is 9.74. The molecule has 15 heteroatoms. The zero-order valence-corrected chi connectivity index (χ0v) is 27.7. The zero-order chi connectivity index (χ0) is 34.5. The lowest BCUT2D eigenvalue weighted by Gasteiger charge is -2.32. The maximum absolute atomic E-state index is 13.6. The van der Waals surface area contributed by atoms with Gasteiger partial charge in [-0.2, -0.15) is 0 Å². The first-order valence-electron chi connectivity index (χ1n) is 15.5. The molecule has 0 radical (unpaired) electrons. The van der Waals surface area contributed by atoms with Crippen LogP contribution in [0.15, 0.2) is 24.3 Å². The number of aromatic nitrogens is 1. The fourth-order valence-electron chi connectivity index (χ4n) is 5.77. The molecule has 1 aromatic carbocycles. The largest absolute Gasteiger partial charge is 0.495 e. The Bertz CT molecular complexity index is 1540. The zero-order valence-electron chi connectivity index (χ0n) is 27.7. The molecule has 3 aliphatic heterocycles. The van der Waals surface area contributed by atoms with Gasteiger partial charge in [0, 0.05) is 12.5 Å². The Morgan fingerprint density at radius 3 is 2.43 bits per heavy atom. The highest BCUT2D eigenvalue weighted by Crippen LogP contribution is 2.39. The third-order valence-electron chi connectivity index (χ3n) is 8.85. The summed E-state index contributed by atoms with van der Waals surface area (Å²) in [4.78, 5) is 44.8. The minimum atomic E-state index is -2.81. The third-order valence-corrected chi connectivity index (χ3v) is 8.85. The molecule has 2 aromatic rings. The summed E-state index contributed by atoms with van der Waals surface area (Å²) < 4.78 is 50.7. The van der Waals surface area contributed by atoms with Crippen LogP contribution in [0.5, 0.6) is 0 Å². The molecule has 2 N–H and O–H groups in total. The first kappa shape index (κ1) is 34.5. The Balaban J connectivity index is 1.52. The maximum Gasteiger partial charge on any atom is 0.495 e. The summed E-state index contributed by atoms with van der Waals surface area (Å²) in [6, 6.07) is 6.83. The average Bonchev–Trinajstić information content (AvgIpc) is 3.64. The van der Waals surface area contributed by atoms with Crippen LogP contribution >= 0.6 is 0 Å².